The van der Waals surface area contributed by atoms with Crippen molar-refractivity contribution in [2.45, 2.75) is 44.7 Å². The van der Waals surface area contributed by atoms with E-state index in [-0.39, 0.29) is 28.1 Å². The number of carbonyl (C=O) groups is 2. The van der Waals surface area contributed by atoms with Crippen LogP contribution in [0.5, 0.6) is 11.5 Å². The highest BCUT2D eigenvalue weighted by molar-refractivity contribution is 7.92. The van der Waals surface area contributed by atoms with Crippen LogP contribution in [-0.4, -0.2) is 58.5 Å². The number of hydrogen-bond acceptors (Lipinski definition) is 6. The lowest BCUT2D eigenvalue weighted by Crippen LogP contribution is -2.51. The largest absolute Gasteiger partial charge is 0.497 e. The standard InChI is InChI=1S/C30H36ClN3O6S/c1-6-16-32-30(36)22(3)33(19-23-8-7-9-25(17-23)39-4)29(35)20-34(24-12-15-28(40-5)27(31)18-24)41(37,38)26-13-10-21(2)11-14-26/h7-15,17-18,22H,6,16,19-20H2,1-5H3,(H,32,36)/t22-/m1/s1. The van der Waals surface area contributed by atoms with Crippen molar-refractivity contribution in [3.63, 3.8) is 0 Å². The van der Waals surface area contributed by atoms with Crippen LogP contribution in [0.1, 0.15) is 31.4 Å². The Morgan fingerprint density at radius 1 is 1.00 bits per heavy atom. The van der Waals surface area contributed by atoms with Gasteiger partial charge < -0.3 is 19.7 Å². The molecule has 41 heavy (non-hydrogen) atoms. The van der Waals surface area contributed by atoms with Gasteiger partial charge in [0, 0.05) is 13.1 Å². The highest BCUT2D eigenvalue weighted by Crippen LogP contribution is 2.32. The monoisotopic (exact) mass is 601 g/mol. The van der Waals surface area contributed by atoms with Crippen molar-refractivity contribution in [3.05, 3.63) is 82.9 Å². The van der Waals surface area contributed by atoms with Gasteiger partial charge in [0.05, 0.1) is 29.8 Å². The fourth-order valence-electron chi connectivity index (χ4n) is 4.12. The van der Waals surface area contributed by atoms with Crippen molar-refractivity contribution in [3.8, 4) is 11.5 Å². The van der Waals surface area contributed by atoms with Crippen LogP contribution in [0.4, 0.5) is 5.69 Å². The molecule has 1 N–H and O–H groups in total. The van der Waals surface area contributed by atoms with Gasteiger partial charge in [-0.2, -0.15) is 0 Å². The van der Waals surface area contributed by atoms with Crippen molar-refractivity contribution in [1.29, 1.82) is 0 Å². The molecule has 0 saturated heterocycles. The summed E-state index contributed by atoms with van der Waals surface area (Å²) in [6.07, 6.45) is 0.725. The number of amides is 2. The van der Waals surface area contributed by atoms with Gasteiger partial charge in [-0.3, -0.25) is 13.9 Å². The molecule has 0 radical (unpaired) electrons. The van der Waals surface area contributed by atoms with Gasteiger partial charge in [0.25, 0.3) is 10.0 Å². The summed E-state index contributed by atoms with van der Waals surface area (Å²) in [5.41, 5.74) is 1.78. The zero-order valence-corrected chi connectivity index (χ0v) is 25.5. The van der Waals surface area contributed by atoms with Crippen molar-refractivity contribution >= 4 is 39.1 Å². The second-order valence-electron chi connectivity index (χ2n) is 9.48. The number of hydrogen-bond donors (Lipinski definition) is 1. The molecule has 0 aliphatic carbocycles. The number of benzene rings is 3. The number of rotatable bonds is 13. The van der Waals surface area contributed by atoms with E-state index in [2.05, 4.69) is 5.32 Å². The number of carbonyl (C=O) groups excluding carboxylic acids is 2. The Hall–Kier alpha value is -3.76. The van der Waals surface area contributed by atoms with E-state index in [0.717, 1.165) is 16.3 Å². The van der Waals surface area contributed by atoms with Crippen LogP contribution in [0.3, 0.4) is 0 Å². The maximum Gasteiger partial charge on any atom is 0.264 e. The van der Waals surface area contributed by atoms with E-state index >= 15 is 0 Å². The molecule has 220 valence electrons. The van der Waals surface area contributed by atoms with Crippen LogP contribution in [0, 0.1) is 6.92 Å². The number of methoxy groups -OCH3 is 2. The molecule has 0 aliphatic rings. The number of aryl methyl sites for hydroxylation is 1. The summed E-state index contributed by atoms with van der Waals surface area (Å²) in [5.74, 6) is 0.0304. The molecule has 1 atom stereocenters. The molecule has 0 saturated carbocycles. The second-order valence-corrected chi connectivity index (χ2v) is 11.8. The zero-order chi connectivity index (χ0) is 30.2. The highest BCUT2D eigenvalue weighted by Gasteiger charge is 2.33. The lowest BCUT2D eigenvalue weighted by Gasteiger charge is -2.32. The molecule has 3 rings (SSSR count). The summed E-state index contributed by atoms with van der Waals surface area (Å²) >= 11 is 6.36. The Balaban J connectivity index is 2.06. The van der Waals surface area contributed by atoms with Gasteiger partial charge in [0.2, 0.25) is 11.8 Å². The molecule has 0 aromatic heterocycles. The molecule has 0 bridgehead atoms. The van der Waals surface area contributed by atoms with Crippen molar-refractivity contribution in [2.75, 3.05) is 31.6 Å². The summed E-state index contributed by atoms with van der Waals surface area (Å²) in [4.78, 5) is 28.4. The van der Waals surface area contributed by atoms with Gasteiger partial charge >= 0.3 is 0 Å². The Morgan fingerprint density at radius 2 is 1.71 bits per heavy atom. The van der Waals surface area contributed by atoms with E-state index in [1.165, 1.54) is 49.5 Å². The van der Waals surface area contributed by atoms with Gasteiger partial charge in [-0.15, -0.1) is 0 Å². The van der Waals surface area contributed by atoms with Gasteiger partial charge in [-0.25, -0.2) is 8.42 Å². The first-order valence-corrected chi connectivity index (χ1v) is 15.0. The topological polar surface area (TPSA) is 105 Å². The Kier molecular flexibility index (Phi) is 11.0. The van der Waals surface area contributed by atoms with Crippen LogP contribution in [-0.2, 0) is 26.2 Å². The van der Waals surface area contributed by atoms with E-state index < -0.39 is 28.5 Å². The maximum atomic E-state index is 14.0. The number of anilines is 1. The van der Waals surface area contributed by atoms with E-state index in [1.54, 1.807) is 37.3 Å². The number of nitrogens with one attached hydrogen (secondary N) is 1. The normalized spacial score (nSPS) is 11.9. The lowest BCUT2D eigenvalue weighted by molar-refractivity contribution is -0.139. The molecule has 3 aromatic carbocycles. The van der Waals surface area contributed by atoms with Gasteiger partial charge in [-0.05, 0) is 68.3 Å². The minimum atomic E-state index is -4.21. The number of ether oxygens (including phenoxy) is 2. The Labute approximate surface area is 247 Å². The predicted molar refractivity (Wildman–Crippen MR) is 160 cm³/mol. The van der Waals surface area contributed by atoms with E-state index in [4.69, 9.17) is 21.1 Å². The van der Waals surface area contributed by atoms with Crippen molar-refractivity contribution in [2.24, 2.45) is 0 Å². The smallest absolute Gasteiger partial charge is 0.264 e. The molecule has 3 aromatic rings. The minimum absolute atomic E-state index is 0.0101. The SMILES string of the molecule is CCCNC(=O)[C@@H](C)N(Cc1cccc(OC)c1)C(=O)CN(c1ccc(OC)c(Cl)c1)S(=O)(=O)c1ccc(C)cc1. The summed E-state index contributed by atoms with van der Waals surface area (Å²) in [5, 5.41) is 3.00. The Bertz CT molecular complexity index is 1460. The molecule has 2 amide bonds. The summed E-state index contributed by atoms with van der Waals surface area (Å²) in [6, 6.07) is 17.1. The number of nitrogens with zero attached hydrogens (tertiary/aromatic N) is 2. The first kappa shape index (κ1) is 31.8. The quantitative estimate of drug-likeness (QED) is 0.302. The van der Waals surface area contributed by atoms with Crippen LogP contribution in [0.15, 0.2) is 71.6 Å². The third-order valence-corrected chi connectivity index (χ3v) is 8.60. The van der Waals surface area contributed by atoms with Crippen molar-refractivity contribution in [1.82, 2.24) is 10.2 Å². The molecule has 0 unspecified atom stereocenters. The first-order valence-electron chi connectivity index (χ1n) is 13.1. The van der Waals surface area contributed by atoms with E-state index in [1.807, 2.05) is 19.9 Å². The van der Waals surface area contributed by atoms with Gasteiger partial charge in [0.1, 0.15) is 24.1 Å². The summed E-state index contributed by atoms with van der Waals surface area (Å²) in [7, 11) is -1.22. The fourth-order valence-corrected chi connectivity index (χ4v) is 5.78. The number of sulfonamides is 1. The molecule has 0 heterocycles. The highest BCUT2D eigenvalue weighted by atomic mass is 35.5. The predicted octanol–water partition coefficient (Wildman–Crippen LogP) is 4.80. The van der Waals surface area contributed by atoms with Crippen LogP contribution >= 0.6 is 11.6 Å². The molecule has 9 nitrogen and oxygen atoms in total. The molecular weight excluding hydrogens is 566 g/mol. The fraction of sp³-hybridized carbons (Fsp3) is 0.333. The first-order chi connectivity index (χ1) is 19.5. The van der Waals surface area contributed by atoms with Crippen LogP contribution in [0.25, 0.3) is 0 Å². The van der Waals surface area contributed by atoms with E-state index in [9.17, 15) is 18.0 Å². The average molecular weight is 602 g/mol. The third kappa shape index (κ3) is 7.92. The second kappa shape index (κ2) is 14.2. The summed E-state index contributed by atoms with van der Waals surface area (Å²) in [6.45, 7) is 5.32. The van der Waals surface area contributed by atoms with E-state index in [0.29, 0.717) is 23.6 Å². The van der Waals surface area contributed by atoms with Gasteiger partial charge in [0.15, 0.2) is 0 Å². The molecular formula is C30H36ClN3O6S. The van der Waals surface area contributed by atoms with Gasteiger partial charge in [-0.1, -0.05) is 48.4 Å². The zero-order valence-electron chi connectivity index (χ0n) is 23.9. The van der Waals surface area contributed by atoms with Crippen molar-refractivity contribution < 1.29 is 27.5 Å². The minimum Gasteiger partial charge on any atom is -0.497 e. The molecule has 0 fully saturated rings. The van der Waals surface area contributed by atoms with Crippen LogP contribution in [0.2, 0.25) is 5.02 Å². The molecule has 0 aliphatic heterocycles. The van der Waals surface area contributed by atoms with Crippen LogP contribution < -0.4 is 19.1 Å². The molecule has 11 heteroatoms. The maximum absolute atomic E-state index is 14.0. The third-order valence-electron chi connectivity index (χ3n) is 6.51. The Morgan fingerprint density at radius 3 is 2.32 bits per heavy atom. The summed E-state index contributed by atoms with van der Waals surface area (Å²) < 4.78 is 39.4. The lowest BCUT2D eigenvalue weighted by atomic mass is 10.1. The molecule has 0 spiro atoms. The number of halogens is 1. The average Bonchev–Trinajstić information content (AvgIpc) is 2.97.